The first-order chi connectivity index (χ1) is 9.49. The summed E-state index contributed by atoms with van der Waals surface area (Å²) in [5, 5.41) is 0. The summed E-state index contributed by atoms with van der Waals surface area (Å²) in [6, 6.07) is 12.2. The van der Waals surface area contributed by atoms with E-state index in [4.69, 9.17) is 10.5 Å². The summed E-state index contributed by atoms with van der Waals surface area (Å²) >= 11 is 3.48. The molecule has 106 valence electrons. The van der Waals surface area contributed by atoms with E-state index in [2.05, 4.69) is 48.0 Å². The lowest BCUT2D eigenvalue weighted by atomic mass is 10.0. The Balaban J connectivity index is 2.25. The van der Waals surface area contributed by atoms with Gasteiger partial charge in [0.05, 0.1) is 0 Å². The summed E-state index contributed by atoms with van der Waals surface area (Å²) in [4.78, 5) is 0. The lowest BCUT2D eigenvalue weighted by molar-refractivity contribution is 0.300. The van der Waals surface area contributed by atoms with Crippen molar-refractivity contribution in [2.45, 2.75) is 33.4 Å². The van der Waals surface area contributed by atoms with Crippen molar-refractivity contribution in [1.29, 1.82) is 0 Å². The monoisotopic (exact) mass is 333 g/mol. The molecule has 2 aromatic carbocycles. The van der Waals surface area contributed by atoms with Gasteiger partial charge in [0.25, 0.3) is 0 Å². The van der Waals surface area contributed by atoms with Crippen LogP contribution in [0.5, 0.6) is 5.75 Å². The smallest absolute Gasteiger partial charge is 0.125 e. The number of benzene rings is 2. The van der Waals surface area contributed by atoms with Gasteiger partial charge in [-0.25, -0.2) is 0 Å². The minimum Gasteiger partial charge on any atom is -0.489 e. The maximum atomic E-state index is 6.02. The molecule has 2 rings (SSSR count). The molecule has 0 aliphatic heterocycles. The van der Waals surface area contributed by atoms with Crippen molar-refractivity contribution in [1.82, 2.24) is 0 Å². The van der Waals surface area contributed by atoms with Gasteiger partial charge < -0.3 is 10.5 Å². The summed E-state index contributed by atoms with van der Waals surface area (Å²) in [7, 11) is 0. The Hall–Kier alpha value is -1.32. The summed E-state index contributed by atoms with van der Waals surface area (Å²) in [6.45, 7) is 6.75. The van der Waals surface area contributed by atoms with Crippen LogP contribution in [0.2, 0.25) is 0 Å². The first-order valence-corrected chi connectivity index (χ1v) is 7.51. The SMILES string of the molecule is Cc1cccc(C)c1COc1cc(Br)ccc1[C@H](C)N. The molecule has 0 heterocycles. The van der Waals surface area contributed by atoms with Gasteiger partial charge in [0, 0.05) is 16.1 Å². The van der Waals surface area contributed by atoms with Crippen molar-refractivity contribution in [3.05, 3.63) is 63.1 Å². The molecule has 2 nitrogen and oxygen atoms in total. The highest BCUT2D eigenvalue weighted by atomic mass is 79.9. The van der Waals surface area contributed by atoms with Crippen LogP contribution in [0.3, 0.4) is 0 Å². The zero-order valence-corrected chi connectivity index (χ0v) is 13.7. The van der Waals surface area contributed by atoms with Crippen molar-refractivity contribution < 1.29 is 4.74 Å². The lowest BCUT2D eigenvalue weighted by Gasteiger charge is -2.16. The molecule has 0 aliphatic rings. The molecule has 0 fully saturated rings. The predicted molar refractivity (Wildman–Crippen MR) is 87.0 cm³/mol. The van der Waals surface area contributed by atoms with Gasteiger partial charge in [-0.3, -0.25) is 0 Å². The second-order valence-corrected chi connectivity index (χ2v) is 6.05. The maximum absolute atomic E-state index is 6.02. The Morgan fingerprint density at radius 3 is 2.40 bits per heavy atom. The molecule has 0 aromatic heterocycles. The fourth-order valence-electron chi connectivity index (χ4n) is 2.24. The molecule has 20 heavy (non-hydrogen) atoms. The normalized spacial score (nSPS) is 12.2. The van der Waals surface area contributed by atoms with Gasteiger partial charge in [-0.05, 0) is 49.6 Å². The zero-order chi connectivity index (χ0) is 14.7. The van der Waals surface area contributed by atoms with Crippen LogP contribution in [-0.4, -0.2) is 0 Å². The molecule has 0 amide bonds. The van der Waals surface area contributed by atoms with Gasteiger partial charge in [0.2, 0.25) is 0 Å². The van der Waals surface area contributed by atoms with Gasteiger partial charge in [0.1, 0.15) is 12.4 Å². The molecular weight excluding hydrogens is 314 g/mol. The highest BCUT2D eigenvalue weighted by Gasteiger charge is 2.10. The molecule has 1 atom stereocenters. The topological polar surface area (TPSA) is 35.2 Å². The van der Waals surface area contributed by atoms with Crippen LogP contribution in [0.15, 0.2) is 40.9 Å². The van der Waals surface area contributed by atoms with Crippen molar-refractivity contribution in [3.8, 4) is 5.75 Å². The fraction of sp³-hybridized carbons (Fsp3) is 0.294. The second kappa shape index (κ2) is 6.42. The van der Waals surface area contributed by atoms with Crippen molar-refractivity contribution in [2.75, 3.05) is 0 Å². The summed E-state index contributed by atoms with van der Waals surface area (Å²) in [5.74, 6) is 0.844. The van der Waals surface area contributed by atoms with Gasteiger partial charge >= 0.3 is 0 Å². The largest absolute Gasteiger partial charge is 0.489 e. The molecular formula is C17H20BrNO. The van der Waals surface area contributed by atoms with Gasteiger partial charge in [-0.2, -0.15) is 0 Å². The Kier molecular flexibility index (Phi) is 4.84. The van der Waals surface area contributed by atoms with Crippen LogP contribution in [0.1, 0.15) is 35.2 Å². The average Bonchev–Trinajstić information content (AvgIpc) is 2.37. The Labute approximate surface area is 129 Å². The number of nitrogens with two attached hydrogens (primary N) is 1. The van der Waals surface area contributed by atoms with Crippen molar-refractivity contribution in [3.63, 3.8) is 0 Å². The van der Waals surface area contributed by atoms with E-state index >= 15 is 0 Å². The quantitative estimate of drug-likeness (QED) is 0.882. The van der Waals surface area contributed by atoms with Crippen LogP contribution < -0.4 is 10.5 Å². The fourth-order valence-corrected chi connectivity index (χ4v) is 2.58. The molecule has 0 spiro atoms. The zero-order valence-electron chi connectivity index (χ0n) is 12.1. The molecule has 0 aliphatic carbocycles. The van der Waals surface area contributed by atoms with E-state index in [0.29, 0.717) is 6.61 Å². The third kappa shape index (κ3) is 3.41. The predicted octanol–water partition coefficient (Wildman–Crippen LogP) is 4.66. The van der Waals surface area contributed by atoms with Crippen molar-refractivity contribution in [2.24, 2.45) is 5.73 Å². The number of hydrogen-bond donors (Lipinski definition) is 1. The minimum absolute atomic E-state index is 0.0453. The highest BCUT2D eigenvalue weighted by molar-refractivity contribution is 9.10. The molecule has 0 saturated carbocycles. The van der Waals surface area contributed by atoms with Crippen LogP contribution in [0.4, 0.5) is 0 Å². The number of ether oxygens (including phenoxy) is 1. The van der Waals surface area contributed by atoms with Crippen LogP contribution in [-0.2, 0) is 6.61 Å². The third-order valence-electron chi connectivity index (χ3n) is 3.48. The number of rotatable bonds is 4. The van der Waals surface area contributed by atoms with E-state index < -0.39 is 0 Å². The van der Waals surface area contributed by atoms with Gasteiger partial charge in [-0.1, -0.05) is 40.2 Å². The Morgan fingerprint density at radius 1 is 1.15 bits per heavy atom. The highest BCUT2D eigenvalue weighted by Crippen LogP contribution is 2.29. The lowest BCUT2D eigenvalue weighted by Crippen LogP contribution is -2.09. The van der Waals surface area contributed by atoms with E-state index in [-0.39, 0.29) is 6.04 Å². The molecule has 0 unspecified atom stereocenters. The average molecular weight is 334 g/mol. The van der Waals surface area contributed by atoms with E-state index in [1.165, 1.54) is 16.7 Å². The molecule has 2 N–H and O–H groups in total. The first-order valence-electron chi connectivity index (χ1n) is 6.72. The Bertz CT molecular complexity index is 588. The number of hydrogen-bond acceptors (Lipinski definition) is 2. The van der Waals surface area contributed by atoms with Crippen LogP contribution in [0, 0.1) is 13.8 Å². The van der Waals surface area contributed by atoms with Gasteiger partial charge in [0.15, 0.2) is 0 Å². The summed E-state index contributed by atoms with van der Waals surface area (Å²) in [6.07, 6.45) is 0. The molecule has 0 saturated heterocycles. The molecule has 0 radical (unpaired) electrons. The molecule has 3 heteroatoms. The maximum Gasteiger partial charge on any atom is 0.125 e. The summed E-state index contributed by atoms with van der Waals surface area (Å²) in [5.41, 5.74) is 10.8. The molecule has 0 bridgehead atoms. The van der Waals surface area contributed by atoms with E-state index in [0.717, 1.165) is 15.8 Å². The number of halogens is 1. The first kappa shape index (κ1) is 15.1. The number of aryl methyl sites for hydroxylation is 2. The standard InChI is InChI=1S/C17H20BrNO/c1-11-5-4-6-12(2)16(11)10-20-17-9-14(18)7-8-15(17)13(3)19/h4-9,13H,10,19H2,1-3H3/t13-/m0/s1. The van der Waals surface area contributed by atoms with E-state index in [9.17, 15) is 0 Å². The van der Waals surface area contributed by atoms with E-state index in [1.807, 2.05) is 25.1 Å². The van der Waals surface area contributed by atoms with E-state index in [1.54, 1.807) is 0 Å². The molecule has 2 aromatic rings. The second-order valence-electron chi connectivity index (χ2n) is 5.13. The third-order valence-corrected chi connectivity index (χ3v) is 3.98. The Morgan fingerprint density at radius 2 is 1.80 bits per heavy atom. The van der Waals surface area contributed by atoms with Crippen LogP contribution in [0.25, 0.3) is 0 Å². The van der Waals surface area contributed by atoms with Gasteiger partial charge in [-0.15, -0.1) is 0 Å². The van der Waals surface area contributed by atoms with Crippen LogP contribution >= 0.6 is 15.9 Å². The summed E-state index contributed by atoms with van der Waals surface area (Å²) < 4.78 is 7.02. The minimum atomic E-state index is -0.0453. The van der Waals surface area contributed by atoms with Crippen molar-refractivity contribution >= 4 is 15.9 Å².